The van der Waals surface area contributed by atoms with Gasteiger partial charge >= 0.3 is 23.9 Å². The van der Waals surface area contributed by atoms with Gasteiger partial charge in [-0.2, -0.15) is 0 Å². The molecule has 48 heavy (non-hydrogen) atoms. The summed E-state index contributed by atoms with van der Waals surface area (Å²) in [4.78, 5) is 48.3. The summed E-state index contributed by atoms with van der Waals surface area (Å²) in [6.07, 6.45) is 2.46. The number of ether oxygens (including phenoxy) is 8. The number of fused-ring (bicyclic) bond motifs is 1. The molecule has 2 fully saturated rings. The van der Waals surface area contributed by atoms with Gasteiger partial charge in [-0.15, -0.1) is 0 Å². The van der Waals surface area contributed by atoms with E-state index in [0.29, 0.717) is 85.9 Å². The molecule has 0 amide bonds. The molecule has 0 saturated carbocycles. The molecular formula is C36H42O12. The first-order valence-corrected chi connectivity index (χ1v) is 15.9. The summed E-state index contributed by atoms with van der Waals surface area (Å²) < 4.78 is 44.7. The fourth-order valence-corrected chi connectivity index (χ4v) is 5.19. The van der Waals surface area contributed by atoms with Gasteiger partial charge in [0.2, 0.25) is 0 Å². The highest BCUT2D eigenvalue weighted by atomic mass is 16.7. The minimum absolute atomic E-state index is 0.110. The Morgan fingerprint density at radius 2 is 1.06 bits per heavy atom. The summed E-state index contributed by atoms with van der Waals surface area (Å²) in [5.74, 6) is -0.720. The number of hydrogen-bond donors (Lipinski definition) is 0. The zero-order valence-electron chi connectivity index (χ0n) is 27.3. The summed E-state index contributed by atoms with van der Waals surface area (Å²) in [6, 6.07) is 10.2. The highest BCUT2D eigenvalue weighted by Gasteiger charge is 2.51. The fraction of sp³-hybridized carbons (Fsp3) is 0.444. The molecule has 2 aliphatic heterocycles. The molecule has 2 aliphatic rings. The number of unbranched alkanes of at least 4 members (excludes halogenated alkanes) is 2. The van der Waals surface area contributed by atoms with Crippen molar-refractivity contribution in [3.05, 3.63) is 84.0 Å². The van der Waals surface area contributed by atoms with Crippen molar-refractivity contribution in [2.75, 3.05) is 39.6 Å². The van der Waals surface area contributed by atoms with E-state index < -0.39 is 48.3 Å². The Labute approximate surface area is 279 Å². The molecule has 0 bridgehead atoms. The maximum Gasteiger partial charge on any atom is 0.338 e. The quantitative estimate of drug-likeness (QED) is 0.0948. The summed E-state index contributed by atoms with van der Waals surface area (Å²) in [5.41, 5.74) is 2.15. The van der Waals surface area contributed by atoms with E-state index in [4.69, 9.17) is 37.9 Å². The lowest BCUT2D eigenvalue weighted by Gasteiger charge is -2.18. The van der Waals surface area contributed by atoms with Crippen LogP contribution in [0.4, 0.5) is 0 Å². The normalized spacial score (nSPS) is 19.5. The van der Waals surface area contributed by atoms with Crippen LogP contribution in [0.25, 0.3) is 0 Å². The molecule has 0 N–H and O–H groups in total. The van der Waals surface area contributed by atoms with Crippen LogP contribution in [0.15, 0.2) is 61.7 Å². The standard InChI is InChI=1S/C36H42O12/c1-5-31(37)43-17-9-7-15-41-25-11-13-27(23(3)19-25)35(39)47-29-21-45-34-30(22-46-33(29)34)48-36(40)28-14-12-26(20-24(28)4)42-16-8-10-18-44-32(38)6-2/h5-6,11-14,19-20,29-30,33-34H,1-2,7-10,15-18,21-22H2,3-4H3/t29-,30+,33-,34-/m1/s1. The summed E-state index contributed by atoms with van der Waals surface area (Å²) in [5, 5.41) is 0. The smallest absolute Gasteiger partial charge is 0.338 e. The van der Waals surface area contributed by atoms with Gasteiger partial charge in [-0.3, -0.25) is 0 Å². The lowest BCUT2D eigenvalue weighted by atomic mass is 10.1. The average Bonchev–Trinajstić information content (AvgIpc) is 3.66. The number of rotatable bonds is 18. The molecule has 4 rings (SSSR count). The highest BCUT2D eigenvalue weighted by Crippen LogP contribution is 2.32. The molecule has 2 aromatic carbocycles. The van der Waals surface area contributed by atoms with Gasteiger partial charge in [0.15, 0.2) is 12.2 Å². The van der Waals surface area contributed by atoms with E-state index in [1.807, 2.05) is 0 Å². The molecule has 0 aliphatic carbocycles. The topological polar surface area (TPSA) is 142 Å². The molecule has 2 saturated heterocycles. The highest BCUT2D eigenvalue weighted by molar-refractivity contribution is 5.92. The monoisotopic (exact) mass is 666 g/mol. The molecule has 0 unspecified atom stereocenters. The van der Waals surface area contributed by atoms with Crippen LogP contribution in [0.2, 0.25) is 0 Å². The van der Waals surface area contributed by atoms with Crippen molar-refractivity contribution in [3.63, 3.8) is 0 Å². The molecule has 2 aromatic rings. The summed E-state index contributed by atoms with van der Waals surface area (Å²) in [6.45, 7) is 12.0. The van der Waals surface area contributed by atoms with E-state index in [1.54, 1.807) is 50.2 Å². The van der Waals surface area contributed by atoms with Gasteiger partial charge in [-0.05, 0) is 87.1 Å². The molecule has 0 spiro atoms. The van der Waals surface area contributed by atoms with Crippen molar-refractivity contribution in [2.24, 2.45) is 0 Å². The number of carbonyl (C=O) groups is 4. The molecule has 4 atom stereocenters. The Bertz CT molecular complexity index is 1360. The Hall–Kier alpha value is -4.68. The van der Waals surface area contributed by atoms with Gasteiger partial charge < -0.3 is 37.9 Å². The minimum Gasteiger partial charge on any atom is -0.494 e. The van der Waals surface area contributed by atoms with Gasteiger partial charge in [0, 0.05) is 12.2 Å². The SMILES string of the molecule is C=CC(=O)OCCCCOc1ccc(C(=O)O[C@H]2CO[C@H]3[C@@H]2OC[C@H]3OC(=O)c2ccc(OCCCCOC(=O)C=C)cc2C)c(C)c1. The van der Waals surface area contributed by atoms with Crippen LogP contribution >= 0.6 is 0 Å². The first-order valence-electron chi connectivity index (χ1n) is 15.9. The van der Waals surface area contributed by atoms with Crippen LogP contribution in [-0.4, -0.2) is 87.9 Å². The van der Waals surface area contributed by atoms with E-state index in [1.165, 1.54) is 0 Å². The van der Waals surface area contributed by atoms with Crippen molar-refractivity contribution in [1.82, 2.24) is 0 Å². The zero-order chi connectivity index (χ0) is 34.5. The van der Waals surface area contributed by atoms with E-state index in [-0.39, 0.29) is 13.2 Å². The van der Waals surface area contributed by atoms with Crippen molar-refractivity contribution >= 4 is 23.9 Å². The number of hydrogen-bond acceptors (Lipinski definition) is 12. The van der Waals surface area contributed by atoms with Crippen LogP contribution in [0.3, 0.4) is 0 Å². The fourth-order valence-electron chi connectivity index (χ4n) is 5.19. The second-order valence-electron chi connectivity index (χ2n) is 11.3. The number of benzene rings is 2. The lowest BCUT2D eigenvalue weighted by Crippen LogP contribution is -2.36. The maximum atomic E-state index is 13.1. The minimum atomic E-state index is -0.663. The molecule has 0 aromatic heterocycles. The maximum absolute atomic E-state index is 13.1. The van der Waals surface area contributed by atoms with Crippen LogP contribution in [0.1, 0.15) is 57.5 Å². The number of esters is 4. The Balaban J connectivity index is 1.20. The zero-order valence-corrected chi connectivity index (χ0v) is 27.3. The first-order chi connectivity index (χ1) is 23.2. The number of aryl methyl sites for hydroxylation is 2. The Kier molecular flexibility index (Phi) is 13.6. The van der Waals surface area contributed by atoms with Crippen molar-refractivity contribution < 1.29 is 57.1 Å². The van der Waals surface area contributed by atoms with Crippen molar-refractivity contribution in [3.8, 4) is 11.5 Å². The van der Waals surface area contributed by atoms with Gasteiger partial charge in [0.1, 0.15) is 23.7 Å². The van der Waals surface area contributed by atoms with Crippen molar-refractivity contribution in [1.29, 1.82) is 0 Å². The third-order valence-electron chi connectivity index (χ3n) is 7.75. The van der Waals surface area contributed by atoms with Crippen molar-refractivity contribution in [2.45, 2.75) is 63.9 Å². The molecule has 12 nitrogen and oxygen atoms in total. The average molecular weight is 667 g/mol. The molecule has 2 heterocycles. The largest absolute Gasteiger partial charge is 0.494 e. The first kappa shape index (κ1) is 36.2. The van der Waals surface area contributed by atoms with Gasteiger partial charge in [0.05, 0.1) is 50.8 Å². The molecule has 0 radical (unpaired) electrons. The molecule has 12 heteroatoms. The van der Waals surface area contributed by atoms with Gasteiger partial charge in [0.25, 0.3) is 0 Å². The molecular weight excluding hydrogens is 624 g/mol. The van der Waals surface area contributed by atoms with E-state index in [9.17, 15) is 19.2 Å². The van der Waals surface area contributed by atoms with Crippen LogP contribution in [0.5, 0.6) is 11.5 Å². The molecule has 258 valence electrons. The summed E-state index contributed by atoms with van der Waals surface area (Å²) in [7, 11) is 0. The van der Waals surface area contributed by atoms with E-state index in [0.717, 1.165) is 12.2 Å². The summed E-state index contributed by atoms with van der Waals surface area (Å²) >= 11 is 0. The third kappa shape index (κ3) is 10.2. The Morgan fingerprint density at radius 1 is 0.667 bits per heavy atom. The van der Waals surface area contributed by atoms with Gasteiger partial charge in [-0.25, -0.2) is 19.2 Å². The van der Waals surface area contributed by atoms with Gasteiger partial charge in [-0.1, -0.05) is 13.2 Å². The van der Waals surface area contributed by atoms with E-state index >= 15 is 0 Å². The van der Waals surface area contributed by atoms with E-state index in [2.05, 4.69) is 13.2 Å². The lowest BCUT2D eigenvalue weighted by molar-refractivity contribution is -0.138. The predicted molar refractivity (Wildman–Crippen MR) is 172 cm³/mol. The Morgan fingerprint density at radius 3 is 1.44 bits per heavy atom. The second kappa shape index (κ2) is 18.0. The predicted octanol–water partition coefficient (Wildman–Crippen LogP) is 4.63. The second-order valence-corrected chi connectivity index (χ2v) is 11.3. The van der Waals surface area contributed by atoms with Crippen LogP contribution < -0.4 is 9.47 Å². The van der Waals surface area contributed by atoms with Crippen LogP contribution in [-0.2, 0) is 38.0 Å². The number of carbonyl (C=O) groups excluding carboxylic acids is 4. The third-order valence-corrected chi connectivity index (χ3v) is 7.75. The van der Waals surface area contributed by atoms with Crippen LogP contribution in [0, 0.1) is 13.8 Å².